The molecule has 0 saturated carbocycles. The van der Waals surface area contributed by atoms with Crippen LogP contribution < -0.4 is 5.73 Å². The molecule has 96 valence electrons. The number of nitrogens with two attached hydrogens (primary N) is 1. The second-order valence-corrected chi connectivity index (χ2v) is 4.89. The fraction of sp³-hybridized carbons (Fsp3) is 1.00. The Bertz CT molecular complexity index is 167. The van der Waals surface area contributed by atoms with Crippen molar-refractivity contribution in [2.45, 2.75) is 58.1 Å². The van der Waals surface area contributed by atoms with E-state index in [1.807, 2.05) is 0 Å². The number of hydrogen-bond donors (Lipinski definition) is 1. The molecule has 1 fully saturated rings. The van der Waals surface area contributed by atoms with E-state index in [9.17, 15) is 0 Å². The number of piperidine rings is 1. The maximum absolute atomic E-state index is 5.80. The molecule has 1 heterocycles. The first kappa shape index (κ1) is 13.9. The van der Waals surface area contributed by atoms with Gasteiger partial charge in [0.25, 0.3) is 0 Å². The van der Waals surface area contributed by atoms with Crippen LogP contribution in [0, 0.1) is 0 Å². The summed E-state index contributed by atoms with van der Waals surface area (Å²) in [5.74, 6) is 0. The Labute approximate surface area is 100 Å². The van der Waals surface area contributed by atoms with E-state index in [-0.39, 0.29) is 0 Å². The lowest BCUT2D eigenvalue weighted by Gasteiger charge is -2.35. The summed E-state index contributed by atoms with van der Waals surface area (Å²) >= 11 is 0. The van der Waals surface area contributed by atoms with E-state index < -0.39 is 0 Å². The van der Waals surface area contributed by atoms with Gasteiger partial charge in [0, 0.05) is 25.7 Å². The van der Waals surface area contributed by atoms with Gasteiger partial charge in [-0.25, -0.2) is 0 Å². The van der Waals surface area contributed by atoms with Crippen molar-refractivity contribution in [1.29, 1.82) is 0 Å². The van der Waals surface area contributed by atoms with Crippen molar-refractivity contribution in [3.05, 3.63) is 0 Å². The normalized spacial score (nSPS) is 21.2. The topological polar surface area (TPSA) is 38.5 Å². The highest BCUT2D eigenvalue weighted by molar-refractivity contribution is 4.76. The standard InChI is InChI=1S/C13H28N2O/c1-3-5-12(2)15-9-6-13(7-10-15)16-11-4-8-14/h12-13H,3-11,14H2,1-2H3. The van der Waals surface area contributed by atoms with E-state index in [1.165, 1.54) is 38.8 Å². The van der Waals surface area contributed by atoms with Crippen LogP contribution in [0.4, 0.5) is 0 Å². The Morgan fingerprint density at radius 3 is 2.62 bits per heavy atom. The van der Waals surface area contributed by atoms with Gasteiger partial charge in [0.1, 0.15) is 0 Å². The lowest BCUT2D eigenvalue weighted by Crippen LogP contribution is -2.42. The largest absolute Gasteiger partial charge is 0.378 e. The SMILES string of the molecule is CCCC(C)N1CCC(OCCCN)CC1. The molecule has 0 amide bonds. The number of ether oxygens (including phenoxy) is 1. The van der Waals surface area contributed by atoms with Gasteiger partial charge in [0.15, 0.2) is 0 Å². The first-order valence-electron chi connectivity index (χ1n) is 6.83. The van der Waals surface area contributed by atoms with Gasteiger partial charge in [0.05, 0.1) is 6.10 Å². The molecule has 0 aliphatic carbocycles. The van der Waals surface area contributed by atoms with Gasteiger partial charge in [-0.1, -0.05) is 13.3 Å². The van der Waals surface area contributed by atoms with E-state index in [0.29, 0.717) is 6.10 Å². The van der Waals surface area contributed by atoms with Gasteiger partial charge >= 0.3 is 0 Å². The molecule has 0 radical (unpaired) electrons. The molecule has 2 N–H and O–H groups in total. The summed E-state index contributed by atoms with van der Waals surface area (Å²) in [6.07, 6.45) is 6.47. The number of likely N-dealkylation sites (tertiary alicyclic amines) is 1. The summed E-state index contributed by atoms with van der Waals surface area (Å²) < 4.78 is 5.80. The van der Waals surface area contributed by atoms with Crippen molar-refractivity contribution >= 4 is 0 Å². The zero-order valence-electron chi connectivity index (χ0n) is 11.0. The van der Waals surface area contributed by atoms with Crippen molar-refractivity contribution in [2.75, 3.05) is 26.2 Å². The molecule has 0 aromatic heterocycles. The quantitative estimate of drug-likeness (QED) is 0.677. The van der Waals surface area contributed by atoms with Gasteiger partial charge in [-0.3, -0.25) is 0 Å². The van der Waals surface area contributed by atoms with Crippen LogP contribution in [0.25, 0.3) is 0 Å². The summed E-state index contributed by atoms with van der Waals surface area (Å²) in [4.78, 5) is 2.60. The Morgan fingerprint density at radius 2 is 2.06 bits per heavy atom. The van der Waals surface area contributed by atoms with Gasteiger partial charge in [-0.15, -0.1) is 0 Å². The molecule has 1 rings (SSSR count). The molecule has 3 heteroatoms. The Morgan fingerprint density at radius 1 is 1.38 bits per heavy atom. The molecule has 0 aromatic carbocycles. The zero-order chi connectivity index (χ0) is 11.8. The molecule has 1 saturated heterocycles. The average Bonchev–Trinajstić information content (AvgIpc) is 2.30. The third-order valence-corrected chi connectivity index (χ3v) is 3.51. The van der Waals surface area contributed by atoms with Crippen molar-refractivity contribution in [1.82, 2.24) is 4.90 Å². The summed E-state index contributed by atoms with van der Waals surface area (Å²) in [5.41, 5.74) is 5.45. The van der Waals surface area contributed by atoms with E-state index in [1.54, 1.807) is 0 Å². The summed E-state index contributed by atoms with van der Waals surface area (Å²) in [5, 5.41) is 0. The molecular formula is C13H28N2O. The lowest BCUT2D eigenvalue weighted by molar-refractivity contribution is -0.00126. The van der Waals surface area contributed by atoms with Crippen LogP contribution in [0.2, 0.25) is 0 Å². The summed E-state index contributed by atoms with van der Waals surface area (Å²) in [7, 11) is 0. The minimum atomic E-state index is 0.483. The van der Waals surface area contributed by atoms with Crippen LogP contribution in [0.3, 0.4) is 0 Å². The minimum absolute atomic E-state index is 0.483. The van der Waals surface area contributed by atoms with Crippen molar-refractivity contribution in [3.8, 4) is 0 Å². The van der Waals surface area contributed by atoms with Gasteiger partial charge < -0.3 is 15.4 Å². The molecule has 1 aliphatic rings. The van der Waals surface area contributed by atoms with Gasteiger partial charge in [0.2, 0.25) is 0 Å². The molecule has 0 spiro atoms. The number of hydrogen-bond acceptors (Lipinski definition) is 3. The summed E-state index contributed by atoms with van der Waals surface area (Å²) in [6.45, 7) is 8.60. The molecule has 0 bridgehead atoms. The average molecular weight is 228 g/mol. The number of rotatable bonds is 7. The van der Waals surface area contributed by atoms with Crippen molar-refractivity contribution in [2.24, 2.45) is 5.73 Å². The predicted octanol–water partition coefficient (Wildman–Crippen LogP) is 2.00. The first-order valence-corrected chi connectivity index (χ1v) is 6.83. The third-order valence-electron chi connectivity index (χ3n) is 3.51. The maximum Gasteiger partial charge on any atom is 0.0599 e. The molecule has 0 aromatic rings. The van der Waals surface area contributed by atoms with Crippen LogP contribution in [-0.2, 0) is 4.74 Å². The van der Waals surface area contributed by atoms with Crippen LogP contribution in [0.15, 0.2) is 0 Å². The molecule has 3 nitrogen and oxygen atoms in total. The van der Waals surface area contributed by atoms with Crippen LogP contribution in [0.5, 0.6) is 0 Å². The molecule has 16 heavy (non-hydrogen) atoms. The molecule has 1 atom stereocenters. The maximum atomic E-state index is 5.80. The first-order chi connectivity index (χ1) is 7.77. The Hall–Kier alpha value is -0.120. The number of nitrogens with zero attached hydrogens (tertiary/aromatic N) is 1. The molecular weight excluding hydrogens is 200 g/mol. The van der Waals surface area contributed by atoms with E-state index >= 15 is 0 Å². The van der Waals surface area contributed by atoms with Gasteiger partial charge in [-0.2, -0.15) is 0 Å². The smallest absolute Gasteiger partial charge is 0.0599 e. The second kappa shape index (κ2) is 8.04. The second-order valence-electron chi connectivity index (χ2n) is 4.89. The monoisotopic (exact) mass is 228 g/mol. The third kappa shape index (κ3) is 4.81. The summed E-state index contributed by atoms with van der Waals surface area (Å²) in [6, 6.07) is 0.745. The molecule has 1 aliphatic heterocycles. The lowest BCUT2D eigenvalue weighted by atomic mass is 10.0. The highest BCUT2D eigenvalue weighted by Gasteiger charge is 2.22. The minimum Gasteiger partial charge on any atom is -0.378 e. The van der Waals surface area contributed by atoms with Crippen LogP contribution in [0.1, 0.15) is 46.0 Å². The highest BCUT2D eigenvalue weighted by atomic mass is 16.5. The van der Waals surface area contributed by atoms with E-state index in [0.717, 1.165) is 25.6 Å². The van der Waals surface area contributed by atoms with Gasteiger partial charge in [-0.05, 0) is 39.2 Å². The fourth-order valence-corrected chi connectivity index (χ4v) is 2.42. The predicted molar refractivity (Wildman–Crippen MR) is 68.6 cm³/mol. The van der Waals surface area contributed by atoms with E-state index in [2.05, 4.69) is 18.7 Å². The van der Waals surface area contributed by atoms with Crippen LogP contribution >= 0.6 is 0 Å². The van der Waals surface area contributed by atoms with Crippen LogP contribution in [-0.4, -0.2) is 43.3 Å². The van der Waals surface area contributed by atoms with Crippen molar-refractivity contribution in [3.63, 3.8) is 0 Å². The highest BCUT2D eigenvalue weighted by Crippen LogP contribution is 2.17. The molecule has 1 unspecified atom stereocenters. The van der Waals surface area contributed by atoms with Crippen molar-refractivity contribution < 1.29 is 4.74 Å². The Kier molecular flexibility index (Phi) is 7.01. The Balaban J connectivity index is 2.13. The fourth-order valence-electron chi connectivity index (χ4n) is 2.42. The van der Waals surface area contributed by atoms with E-state index in [4.69, 9.17) is 10.5 Å². The zero-order valence-corrected chi connectivity index (χ0v) is 11.0.